The van der Waals surface area contributed by atoms with Crippen LogP contribution >= 0.6 is 0 Å². The quantitative estimate of drug-likeness (QED) is 0.477. The van der Waals surface area contributed by atoms with Crippen molar-refractivity contribution in [3.63, 3.8) is 0 Å². The first-order valence-corrected chi connectivity index (χ1v) is 10.9. The van der Waals surface area contributed by atoms with Gasteiger partial charge in [0.1, 0.15) is 6.04 Å². The van der Waals surface area contributed by atoms with E-state index in [0.29, 0.717) is 18.7 Å². The summed E-state index contributed by atoms with van der Waals surface area (Å²) in [5, 5.41) is 2.65. The average molecular weight is 435 g/mol. The van der Waals surface area contributed by atoms with Gasteiger partial charge in [0.2, 0.25) is 11.8 Å². The van der Waals surface area contributed by atoms with E-state index in [9.17, 15) is 19.2 Å². The number of nitrogens with zero attached hydrogens (tertiary/aromatic N) is 2. The second kappa shape index (κ2) is 16.2. The van der Waals surface area contributed by atoms with Crippen LogP contribution in [0.1, 0.15) is 57.3 Å². The summed E-state index contributed by atoms with van der Waals surface area (Å²) in [4.78, 5) is 51.7. The summed E-state index contributed by atoms with van der Waals surface area (Å²) in [5.74, 6) is -1.57. The minimum atomic E-state index is -0.796. The molecular weight excluding hydrogens is 396 g/mol. The van der Waals surface area contributed by atoms with Gasteiger partial charge >= 0.3 is 0 Å². The molecule has 2 rings (SSSR count). The number of hydrogen-bond acceptors (Lipinski definition) is 6. The maximum Gasteiger partial charge on any atom is 0.252 e. The first-order chi connectivity index (χ1) is 14.8. The van der Waals surface area contributed by atoms with Crippen molar-refractivity contribution in [2.24, 2.45) is 5.73 Å². The largest absolute Gasteiger partial charge is 0.343 e. The lowest BCUT2D eigenvalue weighted by atomic mass is 10.0. The summed E-state index contributed by atoms with van der Waals surface area (Å²) < 4.78 is 0. The third kappa shape index (κ3) is 10.3. The summed E-state index contributed by atoms with van der Waals surface area (Å²) in [7, 11) is 1.75. The monoisotopic (exact) mass is 434 g/mol. The molecule has 1 atom stereocenters. The Balaban J connectivity index is 0.00000165. The molecule has 1 heterocycles. The van der Waals surface area contributed by atoms with Gasteiger partial charge in [0.25, 0.3) is 5.91 Å². The Morgan fingerprint density at radius 1 is 1.16 bits per heavy atom. The zero-order chi connectivity index (χ0) is 23.8. The van der Waals surface area contributed by atoms with Crippen molar-refractivity contribution in [2.45, 2.75) is 53.0 Å². The van der Waals surface area contributed by atoms with Crippen LogP contribution in [0.25, 0.3) is 0 Å². The van der Waals surface area contributed by atoms with E-state index in [1.54, 1.807) is 42.3 Å². The lowest BCUT2D eigenvalue weighted by Crippen LogP contribution is -2.56. The van der Waals surface area contributed by atoms with Crippen LogP contribution in [0.15, 0.2) is 30.3 Å². The molecule has 1 aromatic carbocycles. The highest BCUT2D eigenvalue weighted by atomic mass is 16.2. The van der Waals surface area contributed by atoms with Gasteiger partial charge in [-0.1, -0.05) is 64.4 Å². The molecular formula is C23H38N4O4. The maximum absolute atomic E-state index is 12.6. The number of piperidine rings is 1. The second-order valence-electron chi connectivity index (χ2n) is 7.00. The first kappa shape index (κ1) is 28.4. The van der Waals surface area contributed by atoms with Gasteiger partial charge in [-0.05, 0) is 13.5 Å². The van der Waals surface area contributed by atoms with Crippen molar-refractivity contribution in [2.75, 3.05) is 33.2 Å². The van der Waals surface area contributed by atoms with Gasteiger partial charge in [-0.25, -0.2) is 0 Å². The fraction of sp³-hybridized carbons (Fsp3) is 0.565. The van der Waals surface area contributed by atoms with Crippen LogP contribution in [0.3, 0.4) is 0 Å². The van der Waals surface area contributed by atoms with E-state index in [2.05, 4.69) is 19.2 Å². The van der Waals surface area contributed by atoms with Crippen LogP contribution < -0.4 is 11.1 Å². The van der Waals surface area contributed by atoms with Gasteiger partial charge in [0, 0.05) is 25.1 Å². The Bertz CT molecular complexity index is 694. The summed E-state index contributed by atoms with van der Waals surface area (Å²) >= 11 is 0. The number of imide groups is 1. The number of Topliss-reactive ketones (excluding diaryl/α,β-unsaturated/α-hetero) is 1. The topological polar surface area (TPSA) is 113 Å². The average Bonchev–Trinajstić information content (AvgIpc) is 2.76. The fourth-order valence-electron chi connectivity index (χ4n) is 2.78. The van der Waals surface area contributed by atoms with E-state index >= 15 is 0 Å². The third-order valence-electron chi connectivity index (χ3n) is 4.17. The molecule has 0 aromatic heterocycles. The molecule has 8 nitrogen and oxygen atoms in total. The molecule has 1 fully saturated rings. The Kier molecular flexibility index (Phi) is 14.8. The molecule has 8 heteroatoms. The minimum absolute atomic E-state index is 0.109. The molecule has 0 bridgehead atoms. The van der Waals surface area contributed by atoms with E-state index in [1.165, 1.54) is 6.42 Å². The van der Waals surface area contributed by atoms with Gasteiger partial charge < -0.3 is 11.1 Å². The van der Waals surface area contributed by atoms with Crippen LogP contribution in [0, 0.1) is 0 Å². The fourth-order valence-corrected chi connectivity index (χ4v) is 2.78. The Labute approximate surface area is 186 Å². The molecule has 0 aliphatic carbocycles. The van der Waals surface area contributed by atoms with Crippen LogP contribution in [0.5, 0.6) is 0 Å². The number of hydrogen-bond donors (Lipinski definition) is 2. The van der Waals surface area contributed by atoms with E-state index < -0.39 is 17.9 Å². The number of benzene rings is 1. The van der Waals surface area contributed by atoms with Crippen molar-refractivity contribution in [3.05, 3.63) is 35.9 Å². The van der Waals surface area contributed by atoms with Crippen LogP contribution in [0.4, 0.5) is 0 Å². The number of carbonyl (C=O) groups excluding carboxylic acids is 4. The number of nitrogens with two attached hydrogens (primary N) is 1. The number of carbonyl (C=O) groups is 4. The molecule has 3 N–H and O–H groups in total. The summed E-state index contributed by atoms with van der Waals surface area (Å²) in [6.45, 7) is 9.03. The molecule has 31 heavy (non-hydrogen) atoms. The summed E-state index contributed by atoms with van der Waals surface area (Å²) in [6, 6.07) is 7.68. The predicted molar refractivity (Wildman–Crippen MR) is 123 cm³/mol. The van der Waals surface area contributed by atoms with Crippen molar-refractivity contribution in [1.29, 1.82) is 0 Å². The molecule has 1 aliphatic rings. The Morgan fingerprint density at radius 3 is 2.29 bits per heavy atom. The molecule has 1 aromatic rings. The smallest absolute Gasteiger partial charge is 0.252 e. The van der Waals surface area contributed by atoms with Crippen molar-refractivity contribution in [3.8, 4) is 0 Å². The van der Waals surface area contributed by atoms with E-state index in [0.717, 1.165) is 4.90 Å². The van der Waals surface area contributed by atoms with Gasteiger partial charge in [-0.3, -0.25) is 29.0 Å². The molecule has 1 saturated heterocycles. The van der Waals surface area contributed by atoms with Gasteiger partial charge in [-0.2, -0.15) is 0 Å². The van der Waals surface area contributed by atoms with Crippen molar-refractivity contribution >= 4 is 23.5 Å². The highest BCUT2D eigenvalue weighted by Gasteiger charge is 2.36. The lowest BCUT2D eigenvalue weighted by molar-refractivity contribution is -0.150. The van der Waals surface area contributed by atoms with Crippen LogP contribution in [-0.4, -0.2) is 72.6 Å². The van der Waals surface area contributed by atoms with Crippen LogP contribution in [0.2, 0.25) is 0 Å². The Morgan fingerprint density at radius 2 is 1.74 bits per heavy atom. The highest BCUT2D eigenvalue weighted by molar-refractivity contribution is 6.07. The summed E-state index contributed by atoms with van der Waals surface area (Å²) in [6.07, 6.45) is 1.59. The SMILES string of the molecule is CC.CCC.CN(CCN)CC(=O)NC1CCC(=O)N(CC(=O)c2ccccc2)C1=O. The molecule has 0 spiro atoms. The van der Waals surface area contributed by atoms with E-state index in [1.807, 2.05) is 13.8 Å². The van der Waals surface area contributed by atoms with Crippen molar-refractivity contribution in [1.82, 2.24) is 15.1 Å². The van der Waals surface area contributed by atoms with Crippen molar-refractivity contribution < 1.29 is 19.2 Å². The molecule has 3 amide bonds. The normalized spacial score (nSPS) is 15.5. The van der Waals surface area contributed by atoms with Gasteiger partial charge in [0.15, 0.2) is 5.78 Å². The Hall–Kier alpha value is -2.58. The molecule has 0 radical (unpaired) electrons. The molecule has 174 valence electrons. The third-order valence-corrected chi connectivity index (χ3v) is 4.17. The number of ketones is 1. The molecule has 1 unspecified atom stereocenters. The zero-order valence-corrected chi connectivity index (χ0v) is 19.5. The second-order valence-corrected chi connectivity index (χ2v) is 7.00. The lowest BCUT2D eigenvalue weighted by Gasteiger charge is -2.31. The summed E-state index contributed by atoms with van der Waals surface area (Å²) in [5.41, 5.74) is 5.87. The molecule has 1 aliphatic heterocycles. The number of likely N-dealkylation sites (tertiary alicyclic amines) is 1. The number of amides is 3. The standard InChI is InChI=1S/C18H24N4O4.C3H8.C2H6/c1-21(10-9-19)12-16(24)20-14-7-8-17(25)22(18(14)26)11-15(23)13-5-3-2-4-6-13;1-3-2;1-2/h2-6,14H,7-12,19H2,1H3,(H,20,24);3H2,1-2H3;1-2H3. The number of likely N-dealkylation sites (N-methyl/N-ethyl adjacent to an activating group) is 1. The molecule has 0 saturated carbocycles. The minimum Gasteiger partial charge on any atom is -0.343 e. The van der Waals surface area contributed by atoms with Gasteiger partial charge in [0.05, 0.1) is 13.1 Å². The van der Waals surface area contributed by atoms with E-state index in [-0.39, 0.29) is 37.6 Å². The number of rotatable bonds is 8. The van der Waals surface area contributed by atoms with Crippen LogP contribution in [-0.2, 0) is 14.4 Å². The predicted octanol–water partition coefficient (Wildman–Crippen LogP) is 1.84. The van der Waals surface area contributed by atoms with Gasteiger partial charge in [-0.15, -0.1) is 0 Å². The first-order valence-electron chi connectivity index (χ1n) is 10.9. The van der Waals surface area contributed by atoms with E-state index in [4.69, 9.17) is 5.73 Å². The maximum atomic E-state index is 12.6. The number of nitrogens with one attached hydrogen (secondary N) is 1. The zero-order valence-electron chi connectivity index (χ0n) is 19.5. The highest BCUT2D eigenvalue weighted by Crippen LogP contribution is 2.14.